The number of Topliss-reactive ketones (excluding diaryl/α,β-unsaturated/α-hetero) is 3. The summed E-state index contributed by atoms with van der Waals surface area (Å²) in [5.74, 6) is 1.47. The lowest BCUT2D eigenvalue weighted by Crippen LogP contribution is -2.14. The molecule has 0 fully saturated rings. The van der Waals surface area contributed by atoms with Crippen molar-refractivity contribution in [2.45, 2.75) is 122 Å². The number of ketones is 3. The van der Waals surface area contributed by atoms with Gasteiger partial charge in [0.05, 0.1) is 25.3 Å². The topological polar surface area (TPSA) is 82.4 Å². The molecule has 4 unspecified atom stereocenters. The predicted molar refractivity (Wildman–Crippen MR) is 346 cm³/mol. The van der Waals surface area contributed by atoms with Gasteiger partial charge in [0.1, 0.15) is 35.3 Å². The van der Waals surface area contributed by atoms with Crippen molar-refractivity contribution in [2.24, 2.45) is 0 Å². The first-order chi connectivity index (χ1) is 33.2. The van der Waals surface area contributed by atoms with Gasteiger partial charge in [-0.25, -0.2) is 0 Å². The Balaban J connectivity index is 0. The highest BCUT2D eigenvalue weighted by atomic mass is 32.2. The zero-order valence-corrected chi connectivity index (χ0v) is 52.8. The molecular formula is C53H71NO5S12. The summed E-state index contributed by atoms with van der Waals surface area (Å²) < 4.78 is 11.1. The molecule has 1 heterocycles. The Labute approximate surface area is 483 Å². The first-order valence-electron chi connectivity index (χ1n) is 22.3. The fraction of sp³-hybridized carbons (Fsp3) is 0.415. The lowest BCUT2D eigenvalue weighted by molar-refractivity contribution is -0.144. The molecule has 0 amide bonds. The Hall–Kier alpha value is -1.68. The normalized spacial score (nSPS) is 11.9. The third-order valence-electron chi connectivity index (χ3n) is 8.83. The van der Waals surface area contributed by atoms with Gasteiger partial charge in [0, 0.05) is 39.8 Å². The summed E-state index contributed by atoms with van der Waals surface area (Å²) in [5.41, 5.74) is 4.59. The highest BCUT2D eigenvalue weighted by Gasteiger charge is 2.17. The van der Waals surface area contributed by atoms with Gasteiger partial charge in [-0.15, -0.1) is 65.4 Å². The number of thioether (sulfide) groups is 7. The number of ether oxygens (including phenoxy) is 1. The SMILES string of the molecule is C=C(C)C(C)SC(=S)SCC.C=C(C)C(C)SC(=S)c1ccccc1.C=CC(C)(C)SC(=S)c1ccccc1.CC(=O)C(C)SC(=S)n1cccc1.CC(=O)CCC(=O)OCCSC(=S)SC(C)C(C)=O. The molecule has 0 saturated heterocycles. The summed E-state index contributed by atoms with van der Waals surface area (Å²) in [6.45, 7) is 34.7. The van der Waals surface area contributed by atoms with E-state index in [1.807, 2.05) is 124 Å². The van der Waals surface area contributed by atoms with Gasteiger partial charge in [-0.1, -0.05) is 183 Å². The van der Waals surface area contributed by atoms with Gasteiger partial charge in [0.25, 0.3) is 0 Å². The molecule has 0 radical (unpaired) electrons. The van der Waals surface area contributed by atoms with E-state index in [0.717, 1.165) is 34.4 Å². The second-order valence-electron chi connectivity index (χ2n) is 15.7. The van der Waals surface area contributed by atoms with Crippen LogP contribution >= 0.6 is 143 Å². The van der Waals surface area contributed by atoms with Crippen LogP contribution in [0.15, 0.2) is 122 Å². The van der Waals surface area contributed by atoms with Crippen molar-refractivity contribution >= 4 is 187 Å². The number of carbonyl (C=O) groups is 4. The van der Waals surface area contributed by atoms with E-state index >= 15 is 0 Å². The fourth-order valence-electron chi connectivity index (χ4n) is 3.86. The summed E-state index contributed by atoms with van der Waals surface area (Å²) in [4.78, 5) is 43.9. The van der Waals surface area contributed by atoms with Gasteiger partial charge in [-0.3, -0.25) is 14.4 Å². The van der Waals surface area contributed by atoms with Crippen molar-refractivity contribution in [1.29, 1.82) is 0 Å². The highest BCUT2D eigenvalue weighted by molar-refractivity contribution is 8.48. The maximum absolute atomic E-state index is 11.2. The van der Waals surface area contributed by atoms with Crippen molar-refractivity contribution in [3.8, 4) is 0 Å². The van der Waals surface area contributed by atoms with Crippen LogP contribution in [0.3, 0.4) is 0 Å². The Morgan fingerprint density at radius 2 is 1.07 bits per heavy atom. The summed E-state index contributed by atoms with van der Waals surface area (Å²) in [6, 6.07) is 24.0. The van der Waals surface area contributed by atoms with E-state index in [9.17, 15) is 19.2 Å². The summed E-state index contributed by atoms with van der Waals surface area (Å²) in [7, 11) is 0. The molecule has 6 nitrogen and oxygen atoms in total. The standard InChI is InChI=1S/C12H18O4S3.2C12H14S2.C9H11NOS2.C8H14S3/c1-8(13)4-5-11(15)16-6-7-18-12(17)19-10(3)9(2)14;1-9(2)10(3)14-12(13)11-7-5-4-6-8-11;1-4-12(2,3)14-11(13)10-8-6-5-7-9-10;1-7(11)8(2)13-9(12)10-5-3-4-6-10;1-5-10-8(9)11-7(4)6(2)3/h10H,4-7H2,1-3H3;4-8,10H,1H2,2-3H3;4-9H,1H2,2-3H3;3-6,8H,1-2H3;7H,2,5H2,1,3-4H3. The highest BCUT2D eigenvalue weighted by Crippen LogP contribution is 2.30. The number of thiocarbonyl (C=S) groups is 5. The maximum atomic E-state index is 11.2. The molecule has 0 bridgehead atoms. The van der Waals surface area contributed by atoms with Crippen LogP contribution in [0.25, 0.3) is 0 Å². The van der Waals surface area contributed by atoms with Crippen molar-refractivity contribution in [1.82, 2.24) is 4.57 Å². The van der Waals surface area contributed by atoms with E-state index in [0.29, 0.717) is 24.1 Å². The molecular weight excluding hydrogens is 1120 g/mol. The molecule has 0 aliphatic carbocycles. The molecule has 2 aromatic carbocycles. The number of esters is 1. The quantitative estimate of drug-likeness (QED) is 0.0494. The van der Waals surface area contributed by atoms with Gasteiger partial charge in [-0.05, 0) is 105 Å². The van der Waals surface area contributed by atoms with Crippen molar-refractivity contribution in [3.05, 3.63) is 133 Å². The molecule has 0 aliphatic heterocycles. The van der Waals surface area contributed by atoms with Crippen LogP contribution in [0, 0.1) is 0 Å². The number of hydrogen-bond donors (Lipinski definition) is 0. The number of carbonyl (C=O) groups excluding carboxylic acids is 4. The lowest BCUT2D eigenvalue weighted by Gasteiger charge is -2.19. The first kappa shape index (κ1) is 71.4. The molecule has 3 aromatic rings. The smallest absolute Gasteiger partial charge is 0.306 e. The van der Waals surface area contributed by atoms with E-state index in [-0.39, 0.29) is 58.0 Å². The third kappa shape index (κ3) is 38.5. The number of rotatable bonds is 19. The van der Waals surface area contributed by atoms with Crippen LogP contribution in [0.4, 0.5) is 0 Å². The second-order valence-corrected chi connectivity index (χ2v) is 29.5. The number of aromatic nitrogens is 1. The van der Waals surface area contributed by atoms with Gasteiger partial charge in [0.15, 0.2) is 0 Å². The molecule has 3 rings (SSSR count). The van der Waals surface area contributed by atoms with E-state index in [4.69, 9.17) is 65.8 Å². The van der Waals surface area contributed by atoms with Gasteiger partial charge in [-0.2, -0.15) is 0 Å². The molecule has 390 valence electrons. The Kier molecular flexibility index (Phi) is 41.8. The number of benzene rings is 2. The first-order valence-corrected chi connectivity index (χ1v) is 30.7. The molecule has 0 N–H and O–H groups in total. The number of nitrogens with zero attached hydrogens (tertiary/aromatic N) is 1. The third-order valence-corrected chi connectivity index (χ3v) is 19.3. The maximum Gasteiger partial charge on any atom is 0.306 e. The fourth-order valence-corrected chi connectivity index (χ4v) is 13.1. The summed E-state index contributed by atoms with van der Waals surface area (Å²) in [6.07, 6.45) is 6.02. The number of hydrogen-bond acceptors (Lipinski definition) is 17. The average Bonchev–Trinajstić information content (AvgIpc) is 3.87. The van der Waals surface area contributed by atoms with E-state index in [1.165, 1.54) is 54.7 Å². The van der Waals surface area contributed by atoms with Crippen LogP contribution in [0.5, 0.6) is 0 Å². The zero-order chi connectivity index (χ0) is 54.7. The predicted octanol–water partition coefficient (Wildman–Crippen LogP) is 16.8. The minimum atomic E-state index is -0.369. The molecule has 18 heteroatoms. The van der Waals surface area contributed by atoms with Crippen LogP contribution in [0.1, 0.15) is 107 Å². The van der Waals surface area contributed by atoms with Crippen LogP contribution in [0.2, 0.25) is 0 Å². The molecule has 0 spiro atoms. The van der Waals surface area contributed by atoms with Gasteiger partial charge < -0.3 is 14.1 Å². The largest absolute Gasteiger partial charge is 0.465 e. The summed E-state index contributed by atoms with van der Waals surface area (Å²) >= 11 is 37.0. The lowest BCUT2D eigenvalue weighted by atomic mass is 10.2. The Bertz CT molecular complexity index is 2180. The Morgan fingerprint density at radius 1 is 0.634 bits per heavy atom. The monoisotopic (exact) mass is 1190 g/mol. The molecule has 4 atom stereocenters. The van der Waals surface area contributed by atoms with Crippen LogP contribution < -0.4 is 0 Å². The minimum absolute atomic E-state index is 0.00687. The minimum Gasteiger partial charge on any atom is -0.465 e. The van der Waals surface area contributed by atoms with Crippen LogP contribution in [-0.4, -0.2) is 91.5 Å². The van der Waals surface area contributed by atoms with E-state index in [2.05, 4.69) is 54.4 Å². The van der Waals surface area contributed by atoms with Crippen molar-refractivity contribution < 1.29 is 23.9 Å². The van der Waals surface area contributed by atoms with E-state index < -0.39 is 0 Å². The molecule has 1 aromatic heterocycles. The average molecular weight is 1190 g/mol. The second kappa shape index (κ2) is 41.6. The molecule has 71 heavy (non-hydrogen) atoms. The van der Waals surface area contributed by atoms with Crippen molar-refractivity contribution in [3.63, 3.8) is 0 Å². The van der Waals surface area contributed by atoms with Gasteiger partial charge in [0.2, 0.25) is 0 Å². The van der Waals surface area contributed by atoms with Crippen molar-refractivity contribution in [2.75, 3.05) is 18.1 Å². The van der Waals surface area contributed by atoms with Crippen LogP contribution in [-0.2, 0) is 23.9 Å². The Morgan fingerprint density at radius 3 is 1.51 bits per heavy atom. The van der Waals surface area contributed by atoms with E-state index in [1.54, 1.807) is 54.0 Å². The molecule has 0 aliphatic rings. The zero-order valence-electron chi connectivity index (χ0n) is 43.0. The molecule has 0 saturated carbocycles. The summed E-state index contributed by atoms with van der Waals surface area (Å²) in [5, 5.41) is 0.650. The van der Waals surface area contributed by atoms with Gasteiger partial charge >= 0.3 is 5.97 Å².